The number of aliphatic carboxylic acids is 1. The molecule has 138 valence electrons. The van der Waals surface area contributed by atoms with Gasteiger partial charge in [-0.15, -0.1) is 0 Å². The van der Waals surface area contributed by atoms with Crippen LogP contribution in [0.2, 0.25) is 0 Å². The van der Waals surface area contributed by atoms with Gasteiger partial charge in [0.15, 0.2) is 0 Å². The van der Waals surface area contributed by atoms with Gasteiger partial charge in [0, 0.05) is 6.54 Å². The summed E-state index contributed by atoms with van der Waals surface area (Å²) in [4.78, 5) is 13.4. The molecule has 0 aromatic heterocycles. The fraction of sp³-hybridized carbons (Fsp3) is 0.409. The van der Waals surface area contributed by atoms with Crippen LogP contribution in [-0.2, 0) is 17.8 Å². The Morgan fingerprint density at radius 1 is 1.04 bits per heavy atom. The lowest BCUT2D eigenvalue weighted by atomic mass is 9.97. The second-order valence-electron chi connectivity index (χ2n) is 6.97. The van der Waals surface area contributed by atoms with Gasteiger partial charge in [0.25, 0.3) is 0 Å². The highest BCUT2D eigenvalue weighted by Crippen LogP contribution is 2.21. The number of rotatable bonds is 8. The van der Waals surface area contributed by atoms with Crippen LogP contribution in [0.25, 0.3) is 0 Å². The smallest absolute Gasteiger partial charge is 0.306 e. The highest BCUT2D eigenvalue weighted by molar-refractivity contribution is 5.70. The molecular weight excluding hydrogens is 326 g/mol. The molecule has 4 nitrogen and oxygen atoms in total. The summed E-state index contributed by atoms with van der Waals surface area (Å²) in [5.74, 6) is 0.0806. The average Bonchev–Trinajstić information content (AvgIpc) is 2.67. The Morgan fingerprint density at radius 3 is 2.50 bits per heavy atom. The van der Waals surface area contributed by atoms with E-state index >= 15 is 0 Å². The first kappa shape index (κ1) is 18.5. The van der Waals surface area contributed by atoms with E-state index in [4.69, 9.17) is 9.84 Å². The lowest BCUT2D eigenvalue weighted by Gasteiger charge is -2.30. The molecular formula is C22H27NO3. The maximum Gasteiger partial charge on any atom is 0.306 e. The van der Waals surface area contributed by atoms with Crippen molar-refractivity contribution in [2.24, 2.45) is 5.92 Å². The Morgan fingerprint density at radius 2 is 1.77 bits per heavy atom. The fourth-order valence-corrected chi connectivity index (χ4v) is 3.44. The highest BCUT2D eigenvalue weighted by Gasteiger charge is 2.24. The van der Waals surface area contributed by atoms with E-state index in [1.807, 2.05) is 18.2 Å². The lowest BCUT2D eigenvalue weighted by Crippen LogP contribution is -2.35. The first-order valence-corrected chi connectivity index (χ1v) is 9.41. The molecule has 0 bridgehead atoms. The standard InChI is InChI=1S/C22H27NO3/c24-22(25)20-11-13-23(14-12-20)17-19-8-4-10-21(16-19)26-15-5-9-18-6-2-1-3-7-18/h1-4,6-8,10,16,20H,5,9,11-15,17H2,(H,24,25). The summed E-state index contributed by atoms with van der Waals surface area (Å²) in [6, 6.07) is 18.7. The third-order valence-corrected chi connectivity index (χ3v) is 4.96. The zero-order chi connectivity index (χ0) is 18.2. The zero-order valence-electron chi connectivity index (χ0n) is 15.1. The number of likely N-dealkylation sites (tertiary alicyclic amines) is 1. The number of hydrogen-bond donors (Lipinski definition) is 1. The van der Waals surface area contributed by atoms with E-state index in [-0.39, 0.29) is 5.92 Å². The van der Waals surface area contributed by atoms with Crippen molar-refractivity contribution in [1.29, 1.82) is 0 Å². The molecule has 1 saturated heterocycles. The number of aryl methyl sites for hydroxylation is 1. The monoisotopic (exact) mass is 353 g/mol. The highest BCUT2D eigenvalue weighted by atomic mass is 16.5. The second kappa shape index (κ2) is 9.39. The molecule has 1 N–H and O–H groups in total. The van der Waals surface area contributed by atoms with Crippen molar-refractivity contribution in [3.63, 3.8) is 0 Å². The summed E-state index contributed by atoms with van der Waals surface area (Å²) in [5, 5.41) is 9.09. The molecule has 0 unspecified atom stereocenters. The number of nitrogens with zero attached hydrogens (tertiary/aromatic N) is 1. The van der Waals surface area contributed by atoms with Crippen molar-refractivity contribution in [3.8, 4) is 5.75 Å². The minimum atomic E-state index is -0.657. The molecule has 1 fully saturated rings. The van der Waals surface area contributed by atoms with Crippen molar-refractivity contribution in [2.75, 3.05) is 19.7 Å². The Balaban J connectivity index is 1.42. The molecule has 0 atom stereocenters. The summed E-state index contributed by atoms with van der Waals surface area (Å²) >= 11 is 0. The predicted molar refractivity (Wildman–Crippen MR) is 102 cm³/mol. The maximum atomic E-state index is 11.0. The van der Waals surface area contributed by atoms with Crippen LogP contribution in [0.15, 0.2) is 54.6 Å². The molecule has 4 heteroatoms. The van der Waals surface area contributed by atoms with Crippen LogP contribution >= 0.6 is 0 Å². The van der Waals surface area contributed by atoms with Crippen molar-refractivity contribution in [3.05, 3.63) is 65.7 Å². The van der Waals surface area contributed by atoms with Crippen LogP contribution in [-0.4, -0.2) is 35.7 Å². The van der Waals surface area contributed by atoms with Gasteiger partial charge in [-0.3, -0.25) is 9.69 Å². The molecule has 0 saturated carbocycles. The molecule has 2 aromatic carbocycles. The minimum absolute atomic E-state index is 0.175. The largest absolute Gasteiger partial charge is 0.494 e. The Bertz CT molecular complexity index is 694. The zero-order valence-corrected chi connectivity index (χ0v) is 15.1. The van der Waals surface area contributed by atoms with E-state index in [1.54, 1.807) is 0 Å². The van der Waals surface area contributed by atoms with Gasteiger partial charge in [-0.05, 0) is 62.0 Å². The van der Waals surface area contributed by atoms with Crippen molar-refractivity contribution in [1.82, 2.24) is 4.90 Å². The van der Waals surface area contributed by atoms with E-state index in [1.165, 1.54) is 11.1 Å². The SMILES string of the molecule is O=C(O)C1CCN(Cc2cccc(OCCCc3ccccc3)c2)CC1. The van der Waals surface area contributed by atoms with Crippen LogP contribution < -0.4 is 4.74 Å². The number of ether oxygens (including phenoxy) is 1. The van der Waals surface area contributed by atoms with Crippen LogP contribution in [0.4, 0.5) is 0 Å². The Kier molecular flexibility index (Phi) is 6.67. The van der Waals surface area contributed by atoms with E-state index in [0.29, 0.717) is 6.61 Å². The van der Waals surface area contributed by atoms with Gasteiger partial charge in [0.1, 0.15) is 5.75 Å². The average molecular weight is 353 g/mol. The van der Waals surface area contributed by atoms with Gasteiger partial charge >= 0.3 is 5.97 Å². The number of hydrogen-bond acceptors (Lipinski definition) is 3. The summed E-state index contributed by atoms with van der Waals surface area (Å²) in [7, 11) is 0. The van der Waals surface area contributed by atoms with E-state index in [9.17, 15) is 4.79 Å². The second-order valence-corrected chi connectivity index (χ2v) is 6.97. The molecule has 0 spiro atoms. The first-order chi connectivity index (χ1) is 12.7. The van der Waals surface area contributed by atoms with Gasteiger partial charge in [0.2, 0.25) is 0 Å². The van der Waals surface area contributed by atoms with Crippen molar-refractivity contribution < 1.29 is 14.6 Å². The lowest BCUT2D eigenvalue weighted by molar-refractivity contribution is -0.143. The molecule has 2 aromatic rings. The topological polar surface area (TPSA) is 49.8 Å². The quantitative estimate of drug-likeness (QED) is 0.729. The van der Waals surface area contributed by atoms with Crippen LogP contribution in [0, 0.1) is 5.92 Å². The van der Waals surface area contributed by atoms with E-state index in [2.05, 4.69) is 41.3 Å². The first-order valence-electron chi connectivity index (χ1n) is 9.41. The number of carboxylic acid groups (broad SMARTS) is 1. The summed E-state index contributed by atoms with van der Waals surface area (Å²) in [6.45, 7) is 3.26. The predicted octanol–water partition coefficient (Wildman–Crippen LogP) is 3.99. The molecule has 1 heterocycles. The van der Waals surface area contributed by atoms with Crippen LogP contribution in [0.5, 0.6) is 5.75 Å². The summed E-state index contributed by atoms with van der Waals surface area (Å²) in [6.07, 6.45) is 3.51. The fourth-order valence-electron chi connectivity index (χ4n) is 3.44. The van der Waals surface area contributed by atoms with Gasteiger partial charge in [-0.2, -0.15) is 0 Å². The van der Waals surface area contributed by atoms with E-state index in [0.717, 1.165) is 51.1 Å². The van der Waals surface area contributed by atoms with Gasteiger partial charge in [-0.25, -0.2) is 0 Å². The molecule has 26 heavy (non-hydrogen) atoms. The van der Waals surface area contributed by atoms with Crippen LogP contribution in [0.3, 0.4) is 0 Å². The summed E-state index contributed by atoms with van der Waals surface area (Å²) in [5.41, 5.74) is 2.56. The molecule has 3 rings (SSSR count). The number of carbonyl (C=O) groups is 1. The minimum Gasteiger partial charge on any atom is -0.494 e. The van der Waals surface area contributed by atoms with Crippen molar-refractivity contribution in [2.45, 2.75) is 32.2 Å². The molecule has 0 aliphatic carbocycles. The molecule has 0 amide bonds. The number of carboxylic acids is 1. The van der Waals surface area contributed by atoms with Gasteiger partial charge in [0.05, 0.1) is 12.5 Å². The molecule has 1 aliphatic rings. The third kappa shape index (κ3) is 5.60. The van der Waals surface area contributed by atoms with Crippen LogP contribution in [0.1, 0.15) is 30.4 Å². The Labute approximate surface area is 155 Å². The maximum absolute atomic E-state index is 11.0. The number of piperidine rings is 1. The molecule has 1 aliphatic heterocycles. The van der Waals surface area contributed by atoms with Gasteiger partial charge in [-0.1, -0.05) is 42.5 Å². The molecule has 0 radical (unpaired) electrons. The normalized spacial score (nSPS) is 15.7. The number of benzene rings is 2. The van der Waals surface area contributed by atoms with Gasteiger partial charge < -0.3 is 9.84 Å². The Hall–Kier alpha value is -2.33. The van der Waals surface area contributed by atoms with Crippen molar-refractivity contribution >= 4 is 5.97 Å². The summed E-state index contributed by atoms with van der Waals surface area (Å²) < 4.78 is 5.91. The third-order valence-electron chi connectivity index (χ3n) is 4.96. The van der Waals surface area contributed by atoms with E-state index < -0.39 is 5.97 Å².